The van der Waals surface area contributed by atoms with Gasteiger partial charge in [0.15, 0.2) is 0 Å². The van der Waals surface area contributed by atoms with Crippen LogP contribution in [0.4, 0.5) is 11.4 Å². The first-order chi connectivity index (χ1) is 12.0. The summed E-state index contributed by atoms with van der Waals surface area (Å²) in [6.07, 6.45) is 3.03. The van der Waals surface area contributed by atoms with Crippen LogP contribution in [0.2, 0.25) is 5.02 Å². The van der Waals surface area contributed by atoms with Crippen molar-refractivity contribution in [1.82, 2.24) is 4.57 Å². The molecule has 0 spiro atoms. The second kappa shape index (κ2) is 6.94. The van der Waals surface area contributed by atoms with Crippen molar-refractivity contribution < 1.29 is 9.72 Å². The van der Waals surface area contributed by atoms with Gasteiger partial charge in [-0.05, 0) is 42.8 Å². The van der Waals surface area contributed by atoms with Crippen molar-refractivity contribution in [2.75, 3.05) is 5.32 Å². The summed E-state index contributed by atoms with van der Waals surface area (Å²) < 4.78 is 2.14. The number of aryl methyl sites for hydroxylation is 1. The molecule has 3 aromatic rings. The lowest BCUT2D eigenvalue weighted by Crippen LogP contribution is -2.13. The van der Waals surface area contributed by atoms with Gasteiger partial charge < -0.3 is 9.88 Å². The molecule has 2 aromatic carbocycles. The van der Waals surface area contributed by atoms with E-state index in [0.717, 1.165) is 23.9 Å². The number of aromatic nitrogens is 1. The summed E-state index contributed by atoms with van der Waals surface area (Å²) in [5.74, 6) is -0.546. The first-order valence-electron chi connectivity index (χ1n) is 7.84. The van der Waals surface area contributed by atoms with Crippen LogP contribution < -0.4 is 5.32 Å². The van der Waals surface area contributed by atoms with E-state index in [-0.39, 0.29) is 16.3 Å². The number of nitrogens with one attached hydrogen (secondary N) is 1. The Morgan fingerprint density at radius 3 is 2.76 bits per heavy atom. The molecular formula is C18H16ClN3O3. The number of anilines is 1. The van der Waals surface area contributed by atoms with Gasteiger partial charge in [-0.15, -0.1) is 0 Å². The van der Waals surface area contributed by atoms with Crippen molar-refractivity contribution in [3.8, 4) is 0 Å². The second-order valence-corrected chi connectivity index (χ2v) is 6.09. The van der Waals surface area contributed by atoms with E-state index in [9.17, 15) is 14.9 Å². The van der Waals surface area contributed by atoms with E-state index in [2.05, 4.69) is 16.8 Å². The number of nitrogens with zero attached hydrogens (tertiary/aromatic N) is 2. The number of benzene rings is 2. The lowest BCUT2D eigenvalue weighted by Gasteiger charge is -2.08. The maximum absolute atomic E-state index is 12.4. The predicted octanol–water partition coefficient (Wildman–Crippen LogP) is 4.87. The van der Waals surface area contributed by atoms with Gasteiger partial charge in [-0.3, -0.25) is 14.9 Å². The molecule has 0 saturated carbocycles. The summed E-state index contributed by atoms with van der Waals surface area (Å²) in [5, 5.41) is 15.1. The van der Waals surface area contributed by atoms with Crippen molar-refractivity contribution in [2.45, 2.75) is 19.9 Å². The highest BCUT2D eigenvalue weighted by molar-refractivity contribution is 6.31. The highest BCUT2D eigenvalue weighted by atomic mass is 35.5. The maximum atomic E-state index is 12.4. The lowest BCUT2D eigenvalue weighted by molar-refractivity contribution is -0.385. The van der Waals surface area contributed by atoms with Crippen LogP contribution in [-0.2, 0) is 6.54 Å². The fraction of sp³-hybridized carbons (Fsp3) is 0.167. The Morgan fingerprint density at radius 2 is 2.04 bits per heavy atom. The average Bonchev–Trinajstić information content (AvgIpc) is 2.97. The zero-order valence-electron chi connectivity index (χ0n) is 13.5. The predicted molar refractivity (Wildman–Crippen MR) is 98.3 cm³/mol. The molecule has 0 atom stereocenters. The van der Waals surface area contributed by atoms with Crippen LogP contribution in [0, 0.1) is 10.1 Å². The molecule has 0 aliphatic carbocycles. The zero-order valence-corrected chi connectivity index (χ0v) is 14.3. The monoisotopic (exact) mass is 357 g/mol. The molecule has 1 N–H and O–H groups in total. The van der Waals surface area contributed by atoms with Gasteiger partial charge in [0.2, 0.25) is 0 Å². The van der Waals surface area contributed by atoms with Crippen molar-refractivity contribution in [1.29, 1.82) is 0 Å². The van der Waals surface area contributed by atoms with Crippen LogP contribution >= 0.6 is 11.6 Å². The fourth-order valence-electron chi connectivity index (χ4n) is 2.76. The van der Waals surface area contributed by atoms with Crippen LogP contribution in [0.25, 0.3) is 10.9 Å². The molecule has 1 heterocycles. The minimum Gasteiger partial charge on any atom is -0.347 e. The van der Waals surface area contributed by atoms with Gasteiger partial charge in [-0.25, -0.2) is 0 Å². The minimum absolute atomic E-state index is 0.0296. The highest BCUT2D eigenvalue weighted by Gasteiger charge is 2.20. The van der Waals surface area contributed by atoms with E-state index >= 15 is 0 Å². The summed E-state index contributed by atoms with van der Waals surface area (Å²) in [7, 11) is 0. The van der Waals surface area contributed by atoms with E-state index in [1.165, 1.54) is 18.2 Å². The number of nitro groups is 1. The molecule has 1 amide bonds. The summed E-state index contributed by atoms with van der Waals surface area (Å²) in [4.78, 5) is 22.9. The first-order valence-corrected chi connectivity index (χ1v) is 8.21. The van der Waals surface area contributed by atoms with Crippen molar-refractivity contribution in [3.63, 3.8) is 0 Å². The molecule has 0 fully saturated rings. The Kier molecular flexibility index (Phi) is 4.72. The van der Waals surface area contributed by atoms with E-state index < -0.39 is 10.8 Å². The molecule has 0 radical (unpaired) electrons. The third-order valence-corrected chi connectivity index (χ3v) is 4.13. The Hall–Kier alpha value is -2.86. The molecule has 6 nitrogen and oxygen atoms in total. The first kappa shape index (κ1) is 17.0. The summed E-state index contributed by atoms with van der Waals surface area (Å²) in [6.45, 7) is 3.03. The van der Waals surface area contributed by atoms with Crippen LogP contribution in [0.15, 0.2) is 48.7 Å². The summed E-state index contributed by atoms with van der Waals surface area (Å²) >= 11 is 5.78. The number of fused-ring (bicyclic) bond motifs is 1. The van der Waals surface area contributed by atoms with E-state index in [0.29, 0.717) is 5.69 Å². The third kappa shape index (κ3) is 3.49. The summed E-state index contributed by atoms with van der Waals surface area (Å²) in [6, 6.07) is 11.5. The molecule has 7 heteroatoms. The molecule has 1 aromatic heterocycles. The second-order valence-electron chi connectivity index (χ2n) is 5.66. The molecule has 0 aliphatic rings. The SMILES string of the molecule is CCCn1ccc2cc(NC(=O)c3ccc(Cl)cc3[N+](=O)[O-])ccc21. The number of halogens is 1. The average molecular weight is 358 g/mol. The highest BCUT2D eigenvalue weighted by Crippen LogP contribution is 2.25. The number of hydrogen-bond acceptors (Lipinski definition) is 3. The lowest BCUT2D eigenvalue weighted by atomic mass is 10.1. The Labute approximate surface area is 149 Å². The molecule has 0 aliphatic heterocycles. The van der Waals surface area contributed by atoms with Gasteiger partial charge in [-0.2, -0.15) is 0 Å². The van der Waals surface area contributed by atoms with Crippen LogP contribution in [0.3, 0.4) is 0 Å². The quantitative estimate of drug-likeness (QED) is 0.523. The fourth-order valence-corrected chi connectivity index (χ4v) is 2.93. The minimum atomic E-state index is -0.616. The smallest absolute Gasteiger partial charge is 0.283 e. The molecular weight excluding hydrogens is 342 g/mol. The Balaban J connectivity index is 1.88. The van der Waals surface area contributed by atoms with Crippen LogP contribution in [-0.4, -0.2) is 15.4 Å². The van der Waals surface area contributed by atoms with E-state index in [4.69, 9.17) is 11.6 Å². The van der Waals surface area contributed by atoms with E-state index in [1.54, 1.807) is 6.07 Å². The van der Waals surface area contributed by atoms with Gasteiger partial charge in [0.1, 0.15) is 5.56 Å². The normalized spacial score (nSPS) is 10.8. The molecule has 3 rings (SSSR count). The summed E-state index contributed by atoms with van der Waals surface area (Å²) in [5.41, 5.74) is 1.31. The van der Waals surface area contributed by atoms with Gasteiger partial charge in [0.05, 0.1) is 4.92 Å². The Bertz CT molecular complexity index is 965. The van der Waals surface area contributed by atoms with Gasteiger partial charge in [0, 0.05) is 40.4 Å². The Morgan fingerprint density at radius 1 is 1.24 bits per heavy atom. The van der Waals surface area contributed by atoms with Crippen molar-refractivity contribution in [3.05, 3.63) is 69.4 Å². The molecule has 25 heavy (non-hydrogen) atoms. The van der Waals surface area contributed by atoms with Crippen molar-refractivity contribution >= 4 is 39.8 Å². The largest absolute Gasteiger partial charge is 0.347 e. The number of carbonyl (C=O) groups excluding carboxylic acids is 1. The maximum Gasteiger partial charge on any atom is 0.283 e. The number of amides is 1. The number of hydrogen-bond donors (Lipinski definition) is 1. The molecule has 128 valence electrons. The van der Waals surface area contributed by atoms with Gasteiger partial charge >= 0.3 is 0 Å². The molecule has 0 bridgehead atoms. The van der Waals surface area contributed by atoms with E-state index in [1.807, 2.05) is 24.4 Å². The van der Waals surface area contributed by atoms with Gasteiger partial charge in [0.25, 0.3) is 11.6 Å². The standard InChI is InChI=1S/C18H16ClN3O3/c1-2-8-21-9-7-12-10-14(4-6-16(12)21)20-18(23)15-5-3-13(19)11-17(15)22(24)25/h3-7,9-11H,2,8H2,1H3,(H,20,23). The van der Waals surface area contributed by atoms with Gasteiger partial charge in [-0.1, -0.05) is 18.5 Å². The van der Waals surface area contributed by atoms with Crippen LogP contribution in [0.5, 0.6) is 0 Å². The number of rotatable bonds is 5. The van der Waals surface area contributed by atoms with Crippen molar-refractivity contribution in [2.24, 2.45) is 0 Å². The zero-order chi connectivity index (χ0) is 18.0. The number of nitro benzene ring substituents is 1. The van der Waals surface area contributed by atoms with Crippen LogP contribution in [0.1, 0.15) is 23.7 Å². The third-order valence-electron chi connectivity index (χ3n) is 3.89. The molecule has 0 unspecified atom stereocenters. The molecule has 0 saturated heterocycles. The topological polar surface area (TPSA) is 77.2 Å². The number of carbonyl (C=O) groups is 1.